The van der Waals surface area contributed by atoms with Crippen molar-refractivity contribution < 1.29 is 9.90 Å². The lowest BCUT2D eigenvalue weighted by Crippen LogP contribution is -1.93. The van der Waals surface area contributed by atoms with E-state index in [0.717, 1.165) is 57.8 Å². The van der Waals surface area contributed by atoms with Crippen LogP contribution >= 0.6 is 0 Å². The van der Waals surface area contributed by atoms with Crippen molar-refractivity contribution in [3.05, 3.63) is 48.6 Å². The van der Waals surface area contributed by atoms with Crippen molar-refractivity contribution in [3.63, 3.8) is 0 Å². The zero-order chi connectivity index (χ0) is 16.3. The molecule has 0 saturated heterocycles. The van der Waals surface area contributed by atoms with Gasteiger partial charge in [0.2, 0.25) is 0 Å². The first-order chi connectivity index (χ1) is 10.8. The van der Waals surface area contributed by atoms with Gasteiger partial charge in [-0.3, -0.25) is 4.79 Å². The average Bonchev–Trinajstić information content (AvgIpc) is 2.50. The first-order valence-electron chi connectivity index (χ1n) is 8.59. The minimum absolute atomic E-state index is 0.309. The van der Waals surface area contributed by atoms with Gasteiger partial charge in [0, 0.05) is 6.42 Å². The van der Waals surface area contributed by atoms with Gasteiger partial charge in [-0.1, -0.05) is 68.4 Å². The summed E-state index contributed by atoms with van der Waals surface area (Å²) >= 11 is 0. The third kappa shape index (κ3) is 18.4. The Labute approximate surface area is 136 Å². The van der Waals surface area contributed by atoms with E-state index in [0.29, 0.717) is 6.42 Å². The molecule has 0 heterocycles. The molecule has 0 rings (SSSR count). The highest BCUT2D eigenvalue weighted by Crippen LogP contribution is 2.06. The molecule has 0 aliphatic heterocycles. The maximum atomic E-state index is 10.3. The van der Waals surface area contributed by atoms with Gasteiger partial charge < -0.3 is 5.11 Å². The summed E-state index contributed by atoms with van der Waals surface area (Å²) in [7, 11) is 0. The van der Waals surface area contributed by atoms with Crippen LogP contribution in [0.4, 0.5) is 0 Å². The number of carboxylic acids is 1. The molecule has 0 aromatic rings. The predicted molar refractivity (Wildman–Crippen MR) is 96.0 cm³/mol. The fraction of sp³-hybridized carbons (Fsp3) is 0.550. The van der Waals surface area contributed by atoms with Gasteiger partial charge in [-0.2, -0.15) is 0 Å². The zero-order valence-corrected chi connectivity index (χ0v) is 14.0. The van der Waals surface area contributed by atoms with Gasteiger partial charge in [0.1, 0.15) is 0 Å². The van der Waals surface area contributed by atoms with E-state index in [1.165, 1.54) is 0 Å². The number of rotatable bonds is 14. The number of hydrogen-bond donors (Lipinski definition) is 1. The highest BCUT2D eigenvalue weighted by molar-refractivity contribution is 5.66. The molecule has 0 aromatic heterocycles. The molecule has 0 radical (unpaired) electrons. The molecule has 0 bridgehead atoms. The van der Waals surface area contributed by atoms with Gasteiger partial charge in [-0.05, 0) is 44.9 Å². The third-order valence-corrected chi connectivity index (χ3v) is 3.23. The van der Waals surface area contributed by atoms with Crippen LogP contribution in [0.3, 0.4) is 0 Å². The first-order valence-corrected chi connectivity index (χ1v) is 8.59. The van der Waals surface area contributed by atoms with E-state index >= 15 is 0 Å². The van der Waals surface area contributed by atoms with Crippen molar-refractivity contribution in [1.82, 2.24) is 0 Å². The average molecular weight is 304 g/mol. The second kappa shape index (κ2) is 17.5. The number of unbranched alkanes of at least 4 members (excludes halogenated alkanes) is 4. The Hall–Kier alpha value is -1.57. The Bertz CT molecular complexity index is 362. The minimum atomic E-state index is -0.682. The monoisotopic (exact) mass is 304 g/mol. The van der Waals surface area contributed by atoms with Crippen LogP contribution in [0.25, 0.3) is 0 Å². The SMILES string of the molecule is CC/C=C/C/C=C\C/C=C\C/C=C\CCCCCCC(=O)O. The molecular weight excluding hydrogens is 272 g/mol. The molecule has 0 unspecified atom stereocenters. The number of hydrogen-bond acceptors (Lipinski definition) is 1. The van der Waals surface area contributed by atoms with Crippen molar-refractivity contribution in [3.8, 4) is 0 Å². The van der Waals surface area contributed by atoms with Crippen LogP contribution in [0.15, 0.2) is 48.6 Å². The largest absolute Gasteiger partial charge is 0.481 e. The van der Waals surface area contributed by atoms with Crippen molar-refractivity contribution >= 4 is 5.97 Å². The van der Waals surface area contributed by atoms with Gasteiger partial charge in [0.25, 0.3) is 0 Å². The molecule has 2 heteroatoms. The highest BCUT2D eigenvalue weighted by atomic mass is 16.4. The van der Waals surface area contributed by atoms with E-state index < -0.39 is 5.97 Å². The molecule has 0 aliphatic carbocycles. The lowest BCUT2D eigenvalue weighted by atomic mass is 10.1. The summed E-state index contributed by atoms with van der Waals surface area (Å²) in [6.45, 7) is 2.15. The normalized spacial score (nSPS) is 12.4. The molecule has 1 N–H and O–H groups in total. The Balaban J connectivity index is 3.34. The smallest absolute Gasteiger partial charge is 0.303 e. The highest BCUT2D eigenvalue weighted by Gasteiger charge is 1.95. The van der Waals surface area contributed by atoms with Crippen LogP contribution in [0.5, 0.6) is 0 Å². The third-order valence-electron chi connectivity index (χ3n) is 3.23. The van der Waals surface area contributed by atoms with Crippen molar-refractivity contribution in [2.45, 2.75) is 71.1 Å². The second-order valence-electron chi connectivity index (χ2n) is 5.35. The number of allylic oxidation sites excluding steroid dienone is 8. The second-order valence-corrected chi connectivity index (χ2v) is 5.35. The fourth-order valence-electron chi connectivity index (χ4n) is 1.99. The van der Waals surface area contributed by atoms with E-state index in [-0.39, 0.29) is 0 Å². The lowest BCUT2D eigenvalue weighted by Gasteiger charge is -1.96. The van der Waals surface area contributed by atoms with E-state index in [1.807, 2.05) is 0 Å². The molecular formula is C20H32O2. The van der Waals surface area contributed by atoms with Crippen molar-refractivity contribution in [2.75, 3.05) is 0 Å². The van der Waals surface area contributed by atoms with Gasteiger partial charge in [0.15, 0.2) is 0 Å². The van der Waals surface area contributed by atoms with Crippen LogP contribution in [-0.4, -0.2) is 11.1 Å². The molecule has 22 heavy (non-hydrogen) atoms. The maximum Gasteiger partial charge on any atom is 0.303 e. The molecule has 124 valence electrons. The Kier molecular flexibility index (Phi) is 16.2. The summed E-state index contributed by atoms with van der Waals surface area (Å²) in [6, 6.07) is 0. The standard InChI is InChI=1S/C20H32O2/c1-2-3-4-5-6-7-8-9-10-11-12-13-14-15-16-17-18-19-20(21)22/h3-4,6-7,9-10,12-13H,2,5,8,11,14-19H2,1H3,(H,21,22)/b4-3+,7-6-,10-9-,13-12-. The van der Waals surface area contributed by atoms with E-state index in [9.17, 15) is 4.79 Å². The van der Waals surface area contributed by atoms with Crippen molar-refractivity contribution in [2.24, 2.45) is 0 Å². The summed E-state index contributed by atoms with van der Waals surface area (Å²) in [4.78, 5) is 10.3. The zero-order valence-electron chi connectivity index (χ0n) is 14.0. The van der Waals surface area contributed by atoms with Gasteiger partial charge in [-0.25, -0.2) is 0 Å². The summed E-state index contributed by atoms with van der Waals surface area (Å²) in [5, 5.41) is 8.51. The maximum absolute atomic E-state index is 10.3. The van der Waals surface area contributed by atoms with Crippen LogP contribution in [0, 0.1) is 0 Å². The molecule has 0 spiro atoms. The number of carbonyl (C=O) groups is 1. The molecule has 0 amide bonds. The number of carboxylic acid groups (broad SMARTS) is 1. The van der Waals surface area contributed by atoms with Crippen molar-refractivity contribution in [1.29, 1.82) is 0 Å². The molecule has 0 fully saturated rings. The Morgan fingerprint density at radius 1 is 0.727 bits per heavy atom. The lowest BCUT2D eigenvalue weighted by molar-refractivity contribution is -0.137. The topological polar surface area (TPSA) is 37.3 Å². The summed E-state index contributed by atoms with van der Waals surface area (Å²) in [6.07, 6.45) is 27.4. The van der Waals surface area contributed by atoms with Crippen LogP contribution in [0.2, 0.25) is 0 Å². The molecule has 2 nitrogen and oxygen atoms in total. The Morgan fingerprint density at radius 2 is 1.23 bits per heavy atom. The molecule has 0 aromatic carbocycles. The summed E-state index contributed by atoms with van der Waals surface area (Å²) in [5.41, 5.74) is 0. The molecule has 0 saturated carbocycles. The minimum Gasteiger partial charge on any atom is -0.481 e. The predicted octanol–water partition coefficient (Wildman–Crippen LogP) is 6.22. The fourth-order valence-corrected chi connectivity index (χ4v) is 1.99. The van der Waals surface area contributed by atoms with Gasteiger partial charge in [-0.15, -0.1) is 0 Å². The van der Waals surface area contributed by atoms with Gasteiger partial charge in [0.05, 0.1) is 0 Å². The van der Waals surface area contributed by atoms with Crippen LogP contribution < -0.4 is 0 Å². The molecule has 0 atom stereocenters. The van der Waals surface area contributed by atoms with Crippen LogP contribution in [-0.2, 0) is 4.79 Å². The summed E-state index contributed by atoms with van der Waals surface area (Å²) in [5.74, 6) is -0.682. The van der Waals surface area contributed by atoms with Gasteiger partial charge >= 0.3 is 5.97 Å². The van der Waals surface area contributed by atoms with E-state index in [2.05, 4.69) is 55.5 Å². The van der Waals surface area contributed by atoms with E-state index in [1.54, 1.807) is 0 Å². The van der Waals surface area contributed by atoms with Crippen LogP contribution in [0.1, 0.15) is 71.1 Å². The quantitative estimate of drug-likeness (QED) is 0.305. The van der Waals surface area contributed by atoms with E-state index in [4.69, 9.17) is 5.11 Å². The Morgan fingerprint density at radius 3 is 1.77 bits per heavy atom. The number of aliphatic carboxylic acids is 1. The first kappa shape index (κ1) is 20.4. The molecule has 0 aliphatic rings. The summed E-state index contributed by atoms with van der Waals surface area (Å²) < 4.78 is 0.